The number of aromatic nitrogens is 2. The lowest BCUT2D eigenvalue weighted by Gasteiger charge is -2.14. The van der Waals surface area contributed by atoms with Crippen molar-refractivity contribution in [3.05, 3.63) is 83.2 Å². The summed E-state index contributed by atoms with van der Waals surface area (Å²) >= 11 is 0. The number of nitrogens with one attached hydrogen (secondary N) is 1. The van der Waals surface area contributed by atoms with Gasteiger partial charge in [0.2, 0.25) is 0 Å². The quantitative estimate of drug-likeness (QED) is 0.669. The van der Waals surface area contributed by atoms with E-state index < -0.39 is 12.1 Å². The fraction of sp³-hybridized carbons (Fsp3) is 0.227. The zero-order valence-electron chi connectivity index (χ0n) is 16.2. The van der Waals surface area contributed by atoms with Gasteiger partial charge in [0.15, 0.2) is 6.10 Å². The van der Waals surface area contributed by atoms with E-state index >= 15 is 0 Å². The molecule has 1 amide bonds. The molecule has 0 saturated heterocycles. The first-order valence-electron chi connectivity index (χ1n) is 9.11. The molecule has 0 bridgehead atoms. The molecule has 1 heterocycles. The number of amides is 1. The molecule has 3 rings (SSSR count). The molecule has 1 aromatic heterocycles. The number of hydrogen-bond acceptors (Lipinski definition) is 4. The van der Waals surface area contributed by atoms with Crippen molar-refractivity contribution in [2.75, 3.05) is 0 Å². The topological polar surface area (TPSA) is 73.2 Å². The molecule has 0 aliphatic heterocycles. The van der Waals surface area contributed by atoms with Crippen molar-refractivity contribution in [2.24, 2.45) is 0 Å². The lowest BCUT2D eigenvalue weighted by molar-refractivity contribution is -0.129. The predicted octanol–water partition coefficient (Wildman–Crippen LogP) is 3.35. The number of aryl methyl sites for hydroxylation is 1. The second-order valence-electron chi connectivity index (χ2n) is 6.54. The minimum atomic E-state index is -0.907. The first-order chi connectivity index (χ1) is 13.5. The number of ether oxygens (including phenoxy) is 1. The Balaban J connectivity index is 1.67. The molecule has 144 valence electrons. The van der Waals surface area contributed by atoms with Crippen LogP contribution in [0.4, 0.5) is 0 Å². The summed E-state index contributed by atoms with van der Waals surface area (Å²) in [5.41, 5.74) is 3.45. The second kappa shape index (κ2) is 8.52. The maximum absolute atomic E-state index is 12.7. The van der Waals surface area contributed by atoms with Crippen LogP contribution in [0.2, 0.25) is 0 Å². The molecule has 3 aromatic rings. The molecule has 0 fully saturated rings. The molecule has 0 spiro atoms. The number of benzene rings is 2. The highest BCUT2D eigenvalue weighted by Gasteiger charge is 2.24. The second-order valence-corrected chi connectivity index (χ2v) is 6.54. The Morgan fingerprint density at radius 2 is 1.64 bits per heavy atom. The highest BCUT2D eigenvalue weighted by molar-refractivity contribution is 5.94. The number of para-hydroxylation sites is 1. The Hall–Kier alpha value is -3.41. The van der Waals surface area contributed by atoms with Crippen LogP contribution < -0.4 is 5.32 Å². The maximum atomic E-state index is 12.7. The molecule has 1 atom stereocenters. The SMILES string of the molecule is Cc1nn(-c2ccccc2)c(C)c1C(=O)O[C@@H](C)C(=O)NCc1ccccc1. The monoisotopic (exact) mass is 377 g/mol. The Kier molecular flexibility index (Phi) is 5.89. The van der Waals surface area contributed by atoms with Gasteiger partial charge in [-0.2, -0.15) is 5.10 Å². The number of carbonyl (C=O) groups is 2. The van der Waals surface area contributed by atoms with Crippen molar-refractivity contribution in [3.63, 3.8) is 0 Å². The molecule has 0 radical (unpaired) electrons. The lowest BCUT2D eigenvalue weighted by Crippen LogP contribution is -2.35. The minimum Gasteiger partial charge on any atom is -0.449 e. The Labute approximate surface area is 164 Å². The van der Waals surface area contributed by atoms with E-state index in [1.807, 2.05) is 67.6 Å². The third-order valence-corrected chi connectivity index (χ3v) is 4.46. The van der Waals surface area contributed by atoms with Crippen molar-refractivity contribution >= 4 is 11.9 Å². The van der Waals surface area contributed by atoms with Gasteiger partial charge in [-0.25, -0.2) is 9.48 Å². The number of carbonyl (C=O) groups excluding carboxylic acids is 2. The number of esters is 1. The summed E-state index contributed by atoms with van der Waals surface area (Å²) in [6.45, 7) is 5.50. The van der Waals surface area contributed by atoms with E-state index in [0.717, 1.165) is 11.3 Å². The first-order valence-corrected chi connectivity index (χ1v) is 9.11. The number of nitrogens with zero attached hydrogens (tertiary/aromatic N) is 2. The molecule has 0 saturated carbocycles. The third kappa shape index (κ3) is 4.28. The Bertz CT molecular complexity index is 965. The molecule has 1 N–H and O–H groups in total. The molecule has 6 nitrogen and oxygen atoms in total. The average Bonchev–Trinajstić information content (AvgIpc) is 3.01. The maximum Gasteiger partial charge on any atom is 0.342 e. The van der Waals surface area contributed by atoms with Gasteiger partial charge in [0.1, 0.15) is 5.56 Å². The van der Waals surface area contributed by atoms with Gasteiger partial charge in [-0.1, -0.05) is 48.5 Å². The third-order valence-electron chi connectivity index (χ3n) is 4.46. The van der Waals surface area contributed by atoms with E-state index in [0.29, 0.717) is 23.5 Å². The Morgan fingerprint density at radius 1 is 1.04 bits per heavy atom. The van der Waals surface area contributed by atoms with Gasteiger partial charge in [-0.05, 0) is 38.5 Å². The Morgan fingerprint density at radius 3 is 2.29 bits per heavy atom. The molecule has 6 heteroatoms. The van der Waals surface area contributed by atoms with Crippen LogP contribution in [0.15, 0.2) is 60.7 Å². The van der Waals surface area contributed by atoms with E-state index in [1.165, 1.54) is 0 Å². The summed E-state index contributed by atoms with van der Waals surface area (Å²) in [6, 6.07) is 19.1. The van der Waals surface area contributed by atoms with Crippen LogP contribution in [-0.4, -0.2) is 27.8 Å². The summed E-state index contributed by atoms with van der Waals surface area (Å²) in [7, 11) is 0. The molecule has 0 unspecified atom stereocenters. The highest BCUT2D eigenvalue weighted by Crippen LogP contribution is 2.19. The van der Waals surface area contributed by atoms with Gasteiger partial charge in [0, 0.05) is 6.54 Å². The van der Waals surface area contributed by atoms with Gasteiger partial charge in [0.25, 0.3) is 5.91 Å². The van der Waals surface area contributed by atoms with Crippen LogP contribution in [0, 0.1) is 13.8 Å². The van der Waals surface area contributed by atoms with E-state index in [9.17, 15) is 9.59 Å². The summed E-state index contributed by atoms with van der Waals surface area (Å²) < 4.78 is 7.09. The van der Waals surface area contributed by atoms with E-state index in [-0.39, 0.29) is 5.91 Å². The lowest BCUT2D eigenvalue weighted by atomic mass is 10.2. The van der Waals surface area contributed by atoms with Gasteiger partial charge in [-0.3, -0.25) is 4.79 Å². The molecular formula is C22H23N3O3. The zero-order chi connectivity index (χ0) is 20.1. The van der Waals surface area contributed by atoms with Crippen LogP contribution in [0.5, 0.6) is 0 Å². The van der Waals surface area contributed by atoms with E-state index in [1.54, 1.807) is 18.5 Å². The predicted molar refractivity (Wildman–Crippen MR) is 106 cm³/mol. The minimum absolute atomic E-state index is 0.344. The van der Waals surface area contributed by atoms with E-state index in [4.69, 9.17) is 4.74 Å². The summed E-state index contributed by atoms with van der Waals surface area (Å²) in [5, 5.41) is 7.22. The number of hydrogen-bond donors (Lipinski definition) is 1. The zero-order valence-corrected chi connectivity index (χ0v) is 16.2. The van der Waals surface area contributed by atoms with Gasteiger partial charge in [0.05, 0.1) is 17.1 Å². The highest BCUT2D eigenvalue weighted by atomic mass is 16.5. The summed E-state index contributed by atoms with van der Waals surface area (Å²) in [4.78, 5) is 24.9. The summed E-state index contributed by atoms with van der Waals surface area (Å²) in [6.07, 6.45) is -0.907. The largest absolute Gasteiger partial charge is 0.449 e. The smallest absolute Gasteiger partial charge is 0.342 e. The molecule has 0 aliphatic rings. The number of rotatable bonds is 6. The van der Waals surface area contributed by atoms with Gasteiger partial charge in [-0.15, -0.1) is 0 Å². The molecule has 0 aliphatic carbocycles. The van der Waals surface area contributed by atoms with Crippen molar-refractivity contribution in [2.45, 2.75) is 33.4 Å². The van der Waals surface area contributed by atoms with Crippen LogP contribution in [0.25, 0.3) is 5.69 Å². The van der Waals surface area contributed by atoms with Crippen LogP contribution >= 0.6 is 0 Å². The fourth-order valence-corrected chi connectivity index (χ4v) is 2.96. The van der Waals surface area contributed by atoms with Crippen LogP contribution in [0.1, 0.15) is 34.2 Å². The van der Waals surface area contributed by atoms with Crippen molar-refractivity contribution in [3.8, 4) is 5.69 Å². The van der Waals surface area contributed by atoms with E-state index in [2.05, 4.69) is 10.4 Å². The van der Waals surface area contributed by atoms with Crippen LogP contribution in [-0.2, 0) is 16.1 Å². The molecule has 28 heavy (non-hydrogen) atoms. The van der Waals surface area contributed by atoms with Gasteiger partial charge >= 0.3 is 5.97 Å². The standard InChI is InChI=1S/C22H23N3O3/c1-15-20(16(2)25(24-15)19-12-8-5-9-13-19)22(27)28-17(3)21(26)23-14-18-10-6-4-7-11-18/h4-13,17H,14H2,1-3H3,(H,23,26)/t17-/m0/s1. The molecular weight excluding hydrogens is 354 g/mol. The summed E-state index contributed by atoms with van der Waals surface area (Å²) in [5.74, 6) is -0.900. The van der Waals surface area contributed by atoms with Crippen molar-refractivity contribution in [1.29, 1.82) is 0 Å². The van der Waals surface area contributed by atoms with Crippen molar-refractivity contribution < 1.29 is 14.3 Å². The van der Waals surface area contributed by atoms with Crippen LogP contribution in [0.3, 0.4) is 0 Å². The average molecular weight is 377 g/mol. The van der Waals surface area contributed by atoms with Gasteiger partial charge < -0.3 is 10.1 Å². The normalized spacial score (nSPS) is 11.7. The fourth-order valence-electron chi connectivity index (χ4n) is 2.96. The molecule has 2 aromatic carbocycles. The van der Waals surface area contributed by atoms with Crippen molar-refractivity contribution in [1.82, 2.24) is 15.1 Å². The first kappa shape index (κ1) is 19.4.